The van der Waals surface area contributed by atoms with E-state index >= 15 is 0 Å². The smallest absolute Gasteiger partial charge is 0.0114 e. The van der Waals surface area contributed by atoms with E-state index in [1.807, 2.05) is 0 Å². The van der Waals surface area contributed by atoms with Gasteiger partial charge in [0, 0.05) is 0 Å². The Morgan fingerprint density at radius 2 is 0.938 bits per heavy atom. The molecule has 0 aliphatic rings. The minimum absolute atomic E-state index is 0. The molecule has 0 N–H and O–H groups in total. The van der Waals surface area contributed by atoms with Gasteiger partial charge in [-0.2, -0.15) is 6.07 Å². The zero-order valence-electron chi connectivity index (χ0n) is 28.2. The van der Waals surface area contributed by atoms with Crippen LogP contribution in [0.1, 0.15) is 30.9 Å². The molecule has 0 radical (unpaired) electrons. The first kappa shape index (κ1) is 37.5. The Kier molecular flexibility index (Phi) is 13.2. The summed E-state index contributed by atoms with van der Waals surface area (Å²) < 4.78 is 0. The Bertz CT molecular complexity index is 2290. The van der Waals surface area contributed by atoms with Crippen LogP contribution in [0.15, 0.2) is 146 Å². The Labute approximate surface area is 312 Å². The molecule has 0 atom stereocenters. The molecule has 8 rings (SSSR count). The van der Waals surface area contributed by atoms with Gasteiger partial charge in [0.05, 0.1) is 0 Å². The van der Waals surface area contributed by atoms with E-state index in [9.17, 15) is 0 Å². The second-order valence-electron chi connectivity index (χ2n) is 12.6. The number of hydrogen-bond acceptors (Lipinski definition) is 0. The van der Waals surface area contributed by atoms with Crippen LogP contribution in [0, 0.1) is 6.92 Å². The Morgan fingerprint density at radius 3 is 1.54 bits per heavy atom. The van der Waals surface area contributed by atoms with Gasteiger partial charge in [0.1, 0.15) is 0 Å². The van der Waals surface area contributed by atoms with Crippen LogP contribution >= 0.6 is 0 Å². The minimum atomic E-state index is 0. The molecule has 0 aliphatic heterocycles. The van der Waals surface area contributed by atoms with Crippen molar-refractivity contribution in [2.24, 2.45) is 0 Å². The van der Waals surface area contributed by atoms with Crippen molar-refractivity contribution in [2.45, 2.75) is 39.8 Å². The summed E-state index contributed by atoms with van der Waals surface area (Å²) in [5.41, 5.74) is 8.43. The zero-order chi connectivity index (χ0) is 32.2. The van der Waals surface area contributed by atoms with E-state index < -0.39 is 0 Å². The molecule has 0 spiro atoms. The van der Waals surface area contributed by atoms with Crippen LogP contribution < -0.4 is 24.8 Å². The summed E-state index contributed by atoms with van der Waals surface area (Å²) in [7, 11) is 0. The van der Waals surface area contributed by atoms with E-state index in [-0.39, 0.29) is 30.3 Å². The first-order valence-corrected chi connectivity index (χ1v) is 24.0. The van der Waals surface area contributed by atoms with Crippen molar-refractivity contribution in [1.29, 1.82) is 0 Å². The van der Waals surface area contributed by atoms with Crippen LogP contribution in [0.4, 0.5) is 0 Å². The van der Waals surface area contributed by atoms with Crippen molar-refractivity contribution in [3.63, 3.8) is 0 Å². The van der Waals surface area contributed by atoms with Gasteiger partial charge in [-0.3, -0.25) is 0 Å². The molecule has 0 fully saturated rings. The summed E-state index contributed by atoms with van der Waals surface area (Å²) >= 11 is 1.45. The molecule has 240 valence electrons. The Morgan fingerprint density at radius 1 is 0.521 bits per heavy atom. The van der Waals surface area contributed by atoms with E-state index in [4.69, 9.17) is 0 Å². The fourth-order valence-corrected chi connectivity index (χ4v) is 6.52. The van der Waals surface area contributed by atoms with Crippen molar-refractivity contribution >= 4 is 48.6 Å². The van der Waals surface area contributed by atoms with E-state index in [1.165, 1.54) is 99.5 Å². The molecular formula is C44H40Cl2HfSi-2. The predicted octanol–water partition coefficient (Wildman–Crippen LogP) is 6.98. The van der Waals surface area contributed by atoms with Gasteiger partial charge in [-0.1, -0.05) is 129 Å². The van der Waals surface area contributed by atoms with Crippen LogP contribution in [0.3, 0.4) is 0 Å². The summed E-state index contributed by atoms with van der Waals surface area (Å²) in [4.78, 5) is 0. The summed E-state index contributed by atoms with van der Waals surface area (Å²) in [5.74, 6) is 0.515. The summed E-state index contributed by atoms with van der Waals surface area (Å²) in [6, 6.07) is 52.6. The minimum Gasteiger partial charge on any atom is -1.00 e. The van der Waals surface area contributed by atoms with E-state index in [0.29, 0.717) is 5.92 Å². The van der Waals surface area contributed by atoms with Crippen molar-refractivity contribution < 1.29 is 47.8 Å². The molecule has 0 heterocycles. The summed E-state index contributed by atoms with van der Waals surface area (Å²) in [6.45, 7) is 11.4. The fraction of sp³-hybridized carbons (Fsp3) is 0.136. The SMILES string of the molecule is CC(C)c1[cH-]c2ccccc2c1-c1cccc2ccccc12.C[Si](C)=[Hf+2].Cc1cc2c(-c3cccc4ccccc34)cccc2[cH-]1.[Cl-].[Cl-]. The first-order valence-electron chi connectivity index (χ1n) is 16.1. The maximum absolute atomic E-state index is 2.36. The van der Waals surface area contributed by atoms with Gasteiger partial charge in [-0.15, -0.1) is 80.7 Å². The number of halogens is 2. The van der Waals surface area contributed by atoms with Gasteiger partial charge in [-0.25, -0.2) is 0 Å². The molecule has 0 aromatic heterocycles. The third-order valence-electron chi connectivity index (χ3n) is 8.49. The molecule has 48 heavy (non-hydrogen) atoms. The molecule has 0 bridgehead atoms. The third kappa shape index (κ3) is 8.12. The number of hydrogen-bond donors (Lipinski definition) is 0. The van der Waals surface area contributed by atoms with Crippen molar-refractivity contribution in [3.05, 3.63) is 157 Å². The average Bonchev–Trinajstić information content (AvgIpc) is 3.64. The summed E-state index contributed by atoms with van der Waals surface area (Å²) in [6.07, 6.45) is 0. The Balaban J connectivity index is 0.000000189. The fourth-order valence-electron chi connectivity index (χ4n) is 6.52. The summed E-state index contributed by atoms with van der Waals surface area (Å²) in [5, 5.41) is 10.6. The molecule has 0 unspecified atom stereocenters. The molecule has 0 aliphatic carbocycles. The molecule has 4 heteroatoms. The van der Waals surface area contributed by atoms with Crippen molar-refractivity contribution in [2.75, 3.05) is 0 Å². The molecule has 0 amide bonds. The van der Waals surface area contributed by atoms with Crippen LogP contribution in [-0.4, -0.2) is 5.49 Å². The molecule has 8 aromatic rings. The van der Waals surface area contributed by atoms with Gasteiger partial charge >= 0.3 is 41.6 Å². The zero-order valence-corrected chi connectivity index (χ0v) is 34.3. The maximum atomic E-state index is 2.36. The predicted molar refractivity (Wildman–Crippen MR) is 201 cm³/mol. The van der Waals surface area contributed by atoms with Gasteiger partial charge in [0.15, 0.2) is 0 Å². The van der Waals surface area contributed by atoms with E-state index in [1.54, 1.807) is 0 Å². The van der Waals surface area contributed by atoms with Gasteiger partial charge < -0.3 is 24.8 Å². The van der Waals surface area contributed by atoms with Crippen molar-refractivity contribution in [3.8, 4) is 22.3 Å². The standard InChI is InChI=1S/C22H19.C20H15.C2H6Si.2ClH.Hf/c1-15(2)21-14-17-9-4-6-12-19(17)22(21)20-13-7-10-16-8-3-5-11-18(16)20;1-14-12-16-8-5-11-19(20(16)13-14)18-10-4-7-15-6-2-3-9-17(15)18;1-3-2;;;/h3-15H,1-2H3;2-13H,1H3;1-2H3;2*1H;/q2*-1;;;;+2/p-2. The second-order valence-corrected chi connectivity index (χ2v) is 25.4. The molecule has 8 aromatic carbocycles. The largest absolute Gasteiger partial charge is 1.00 e. The molecule has 0 saturated heterocycles. The van der Waals surface area contributed by atoms with Crippen molar-refractivity contribution in [1.82, 2.24) is 0 Å². The third-order valence-corrected chi connectivity index (χ3v) is 8.49. The van der Waals surface area contributed by atoms with E-state index in [0.717, 1.165) is 0 Å². The van der Waals surface area contributed by atoms with Gasteiger partial charge in [-0.05, 0) is 33.0 Å². The van der Waals surface area contributed by atoms with Crippen LogP contribution in [0.25, 0.3) is 65.3 Å². The number of benzene rings is 6. The van der Waals surface area contributed by atoms with Crippen LogP contribution in [0.2, 0.25) is 13.1 Å². The maximum Gasteiger partial charge on any atom is -0.0114 e. The van der Waals surface area contributed by atoms with Crippen LogP contribution in [-0.2, 0) is 23.0 Å². The van der Waals surface area contributed by atoms with Gasteiger partial charge in [0.2, 0.25) is 0 Å². The number of aryl methyl sites for hydroxylation is 1. The van der Waals surface area contributed by atoms with E-state index in [2.05, 4.69) is 179 Å². The van der Waals surface area contributed by atoms with Gasteiger partial charge in [0.25, 0.3) is 0 Å². The van der Waals surface area contributed by atoms with Crippen LogP contribution in [0.5, 0.6) is 0 Å². The normalized spacial score (nSPS) is 10.6. The number of rotatable bonds is 3. The molecular weight excluding hydrogens is 806 g/mol. The monoisotopic (exact) mass is 846 g/mol. The second kappa shape index (κ2) is 16.9. The molecule has 0 saturated carbocycles. The average molecular weight is 846 g/mol. The first-order chi connectivity index (χ1) is 22.3. The quantitative estimate of drug-likeness (QED) is 0.133. The Hall–Kier alpha value is -3.27. The number of fused-ring (bicyclic) bond motifs is 4. The topological polar surface area (TPSA) is 0 Å². The molecule has 0 nitrogen and oxygen atoms in total.